The maximum atomic E-state index is 12.8. The molecule has 4 aromatic rings. The fourth-order valence-corrected chi connectivity index (χ4v) is 3.21. The lowest BCUT2D eigenvalue weighted by atomic mass is 10.2. The molecule has 0 radical (unpaired) electrons. The third kappa shape index (κ3) is 2.87. The first kappa shape index (κ1) is 16.4. The number of anilines is 2. The van der Waals surface area contributed by atoms with Gasteiger partial charge in [-0.25, -0.2) is 9.20 Å². The molecule has 1 aromatic carbocycles. The molecule has 1 amide bonds. The molecule has 0 aliphatic heterocycles. The van der Waals surface area contributed by atoms with Crippen molar-refractivity contribution in [3.05, 3.63) is 70.5 Å². The van der Waals surface area contributed by atoms with E-state index in [1.165, 1.54) is 4.68 Å². The molecule has 0 spiro atoms. The van der Waals surface area contributed by atoms with Crippen LogP contribution in [-0.4, -0.2) is 25.3 Å². The first-order chi connectivity index (χ1) is 12.5. The minimum Gasteiger partial charge on any atom is -0.382 e. The Morgan fingerprint density at radius 3 is 2.65 bits per heavy atom. The van der Waals surface area contributed by atoms with E-state index in [0.717, 1.165) is 0 Å². The maximum Gasteiger partial charge on any atom is 0.262 e. The van der Waals surface area contributed by atoms with Gasteiger partial charge in [0.15, 0.2) is 5.82 Å². The quantitative estimate of drug-likeness (QED) is 0.561. The minimum atomic E-state index is -0.390. The smallest absolute Gasteiger partial charge is 0.262 e. The van der Waals surface area contributed by atoms with Crippen molar-refractivity contribution in [2.24, 2.45) is 0 Å². The molecule has 0 saturated heterocycles. The summed E-state index contributed by atoms with van der Waals surface area (Å²) in [6.07, 6.45) is 3.28. The van der Waals surface area contributed by atoms with E-state index >= 15 is 0 Å². The number of halogens is 2. The van der Waals surface area contributed by atoms with Crippen LogP contribution in [0.5, 0.6) is 0 Å². The molecule has 0 aliphatic carbocycles. The highest BCUT2D eigenvalue weighted by atomic mass is 35.5. The number of carbonyl (C=O) groups excluding carboxylic acids is 1. The van der Waals surface area contributed by atoms with Gasteiger partial charge < -0.3 is 11.1 Å². The van der Waals surface area contributed by atoms with Crippen LogP contribution in [0, 0.1) is 0 Å². The molecule has 9 heteroatoms. The summed E-state index contributed by atoms with van der Waals surface area (Å²) in [7, 11) is 0. The SMILES string of the molecule is Nc1nn2ccccc2c1C(=O)Nc1ccnn1-c1cc(Cl)cc(Cl)c1. The summed E-state index contributed by atoms with van der Waals surface area (Å²) in [5.74, 6) is 0.201. The van der Waals surface area contributed by atoms with Gasteiger partial charge in [0, 0.05) is 22.3 Å². The fraction of sp³-hybridized carbons (Fsp3) is 0. The molecule has 0 unspecified atom stereocenters. The fourth-order valence-electron chi connectivity index (χ4n) is 2.69. The molecule has 26 heavy (non-hydrogen) atoms. The Balaban J connectivity index is 1.71. The number of amides is 1. The van der Waals surface area contributed by atoms with Gasteiger partial charge in [0.1, 0.15) is 11.4 Å². The van der Waals surface area contributed by atoms with Gasteiger partial charge in [0.05, 0.1) is 17.4 Å². The standard InChI is InChI=1S/C17H12Cl2N6O/c18-10-7-11(19)9-12(8-10)25-14(4-5-21-25)22-17(26)15-13-3-1-2-6-24(13)23-16(15)20/h1-9H,(H2,20,23)(H,22,26). The van der Waals surface area contributed by atoms with E-state index in [4.69, 9.17) is 28.9 Å². The zero-order chi connectivity index (χ0) is 18.3. The Labute approximate surface area is 157 Å². The van der Waals surface area contributed by atoms with E-state index < -0.39 is 5.91 Å². The molecular formula is C17H12Cl2N6O. The monoisotopic (exact) mass is 386 g/mol. The number of aromatic nitrogens is 4. The van der Waals surface area contributed by atoms with Crippen LogP contribution in [0.15, 0.2) is 54.9 Å². The van der Waals surface area contributed by atoms with Crippen LogP contribution in [-0.2, 0) is 0 Å². The van der Waals surface area contributed by atoms with E-state index in [0.29, 0.717) is 32.6 Å². The predicted molar refractivity (Wildman–Crippen MR) is 101 cm³/mol. The first-order valence-electron chi connectivity index (χ1n) is 7.57. The lowest BCUT2D eigenvalue weighted by molar-refractivity contribution is 0.102. The molecule has 0 aliphatic rings. The second-order valence-electron chi connectivity index (χ2n) is 5.50. The van der Waals surface area contributed by atoms with Crippen LogP contribution in [0.2, 0.25) is 10.0 Å². The van der Waals surface area contributed by atoms with Gasteiger partial charge in [-0.15, -0.1) is 5.10 Å². The van der Waals surface area contributed by atoms with E-state index in [9.17, 15) is 4.79 Å². The molecule has 0 saturated carbocycles. The molecule has 3 heterocycles. The number of nitrogen functional groups attached to an aromatic ring is 1. The second-order valence-corrected chi connectivity index (χ2v) is 6.37. The van der Waals surface area contributed by atoms with E-state index in [1.54, 1.807) is 53.3 Å². The molecule has 4 rings (SSSR count). The highest BCUT2D eigenvalue weighted by Gasteiger charge is 2.19. The first-order valence-corrected chi connectivity index (χ1v) is 8.33. The summed E-state index contributed by atoms with van der Waals surface area (Å²) < 4.78 is 3.08. The van der Waals surface area contributed by atoms with E-state index in [-0.39, 0.29) is 5.82 Å². The van der Waals surface area contributed by atoms with Crippen LogP contribution in [0.25, 0.3) is 11.2 Å². The Hall–Kier alpha value is -3.03. The minimum absolute atomic E-state index is 0.144. The number of nitrogens with zero attached hydrogens (tertiary/aromatic N) is 4. The third-order valence-electron chi connectivity index (χ3n) is 3.77. The van der Waals surface area contributed by atoms with Crippen LogP contribution in [0.3, 0.4) is 0 Å². The predicted octanol–water partition coefficient (Wildman–Crippen LogP) is 3.66. The number of nitrogens with two attached hydrogens (primary N) is 1. The normalized spacial score (nSPS) is 11.0. The molecule has 7 nitrogen and oxygen atoms in total. The van der Waals surface area contributed by atoms with Gasteiger partial charge >= 0.3 is 0 Å². The summed E-state index contributed by atoms with van der Waals surface area (Å²) in [4.78, 5) is 12.8. The van der Waals surface area contributed by atoms with Crippen LogP contribution in [0.4, 0.5) is 11.6 Å². The molecule has 130 valence electrons. The van der Waals surface area contributed by atoms with Gasteiger partial charge in [0.2, 0.25) is 0 Å². The Bertz CT molecular complexity index is 1110. The summed E-state index contributed by atoms with van der Waals surface area (Å²) in [6.45, 7) is 0. The van der Waals surface area contributed by atoms with E-state index in [2.05, 4.69) is 15.5 Å². The number of rotatable bonds is 3. The van der Waals surface area contributed by atoms with Crippen molar-refractivity contribution in [1.82, 2.24) is 19.4 Å². The number of carbonyl (C=O) groups is 1. The molecule has 0 bridgehead atoms. The van der Waals surface area contributed by atoms with Crippen molar-refractivity contribution >= 4 is 46.3 Å². The van der Waals surface area contributed by atoms with Crippen molar-refractivity contribution in [3.8, 4) is 5.69 Å². The zero-order valence-electron chi connectivity index (χ0n) is 13.2. The Morgan fingerprint density at radius 1 is 1.12 bits per heavy atom. The number of hydrogen-bond donors (Lipinski definition) is 2. The number of hydrogen-bond acceptors (Lipinski definition) is 4. The average molecular weight is 387 g/mol. The van der Waals surface area contributed by atoms with E-state index in [1.807, 2.05) is 6.07 Å². The molecular weight excluding hydrogens is 375 g/mol. The van der Waals surface area contributed by atoms with Gasteiger partial charge in [-0.3, -0.25) is 4.79 Å². The van der Waals surface area contributed by atoms with Crippen molar-refractivity contribution < 1.29 is 4.79 Å². The second kappa shape index (κ2) is 6.36. The lowest BCUT2D eigenvalue weighted by Gasteiger charge is -2.10. The van der Waals surface area contributed by atoms with Gasteiger partial charge in [-0.2, -0.15) is 5.10 Å². The Kier molecular flexibility index (Phi) is 4.02. The van der Waals surface area contributed by atoms with Gasteiger partial charge in [0.25, 0.3) is 5.91 Å². The van der Waals surface area contributed by atoms with Crippen LogP contribution < -0.4 is 11.1 Å². The van der Waals surface area contributed by atoms with Gasteiger partial charge in [-0.05, 0) is 30.3 Å². The van der Waals surface area contributed by atoms with Crippen LogP contribution >= 0.6 is 23.2 Å². The number of pyridine rings is 1. The molecule has 3 aromatic heterocycles. The largest absolute Gasteiger partial charge is 0.382 e. The average Bonchev–Trinajstić information content (AvgIpc) is 3.16. The number of benzene rings is 1. The van der Waals surface area contributed by atoms with Crippen molar-refractivity contribution in [2.45, 2.75) is 0 Å². The maximum absolute atomic E-state index is 12.8. The summed E-state index contributed by atoms with van der Waals surface area (Å²) in [5.41, 5.74) is 7.45. The highest BCUT2D eigenvalue weighted by Crippen LogP contribution is 2.25. The Morgan fingerprint density at radius 2 is 1.88 bits per heavy atom. The molecule has 0 fully saturated rings. The molecule has 3 N–H and O–H groups in total. The van der Waals surface area contributed by atoms with Crippen LogP contribution in [0.1, 0.15) is 10.4 Å². The highest BCUT2D eigenvalue weighted by molar-refractivity contribution is 6.34. The zero-order valence-corrected chi connectivity index (χ0v) is 14.7. The van der Waals surface area contributed by atoms with Crippen molar-refractivity contribution in [2.75, 3.05) is 11.1 Å². The number of fused-ring (bicyclic) bond motifs is 1. The van der Waals surface area contributed by atoms with Crippen molar-refractivity contribution in [3.63, 3.8) is 0 Å². The van der Waals surface area contributed by atoms with Crippen molar-refractivity contribution in [1.29, 1.82) is 0 Å². The summed E-state index contributed by atoms with van der Waals surface area (Å²) in [5, 5.41) is 12.1. The summed E-state index contributed by atoms with van der Waals surface area (Å²) >= 11 is 12.1. The van der Waals surface area contributed by atoms with Gasteiger partial charge in [-0.1, -0.05) is 29.3 Å². The topological polar surface area (TPSA) is 90.2 Å². The molecule has 0 atom stereocenters. The lowest BCUT2D eigenvalue weighted by Crippen LogP contribution is -2.16. The third-order valence-corrected chi connectivity index (χ3v) is 4.21. The number of nitrogens with one attached hydrogen (secondary N) is 1. The summed E-state index contributed by atoms with van der Waals surface area (Å²) in [6, 6.07) is 12.1.